The third-order valence-corrected chi connectivity index (χ3v) is 10.8. The van der Waals surface area contributed by atoms with Crippen LogP contribution in [0.1, 0.15) is 11.8 Å². The minimum atomic E-state index is -5.83. The fourth-order valence-corrected chi connectivity index (χ4v) is 8.16. The maximum Gasteiger partial charge on any atom is 0.490 e. The number of thiophene rings is 1. The molecule has 1 saturated heterocycles. The summed E-state index contributed by atoms with van der Waals surface area (Å²) in [5.41, 5.74) is 6.50. The van der Waals surface area contributed by atoms with Crippen molar-refractivity contribution >= 4 is 81.0 Å². The van der Waals surface area contributed by atoms with Gasteiger partial charge in [0.25, 0.3) is 5.91 Å². The fourth-order valence-electron chi connectivity index (χ4n) is 4.05. The van der Waals surface area contributed by atoms with Crippen molar-refractivity contribution in [1.29, 1.82) is 0 Å². The molecule has 0 spiro atoms. The second kappa shape index (κ2) is 14.3. The average molecular weight is 750 g/mol. The number of phosphoric ester groups is 1. The van der Waals surface area contributed by atoms with Crippen molar-refractivity contribution in [3.63, 3.8) is 0 Å². The first-order chi connectivity index (χ1) is 21.4. The molecular formula is C19H25N6O16P3S2. The van der Waals surface area contributed by atoms with Crippen molar-refractivity contribution in [3.8, 4) is 0 Å². The maximum absolute atomic E-state index is 12.7. The number of aliphatic hydroxyl groups excluding tert-OH is 1. The minimum Gasteiger partial charge on any atom is -0.469 e. The van der Waals surface area contributed by atoms with E-state index in [4.69, 9.17) is 37.2 Å². The molecule has 0 aromatic carbocycles. The number of hydrogen-bond donors (Lipinski definition) is 8. The molecule has 9 N–H and O–H groups in total. The molecule has 1 aliphatic rings. The number of aromatic amines is 1. The van der Waals surface area contributed by atoms with Gasteiger partial charge in [0.2, 0.25) is 0 Å². The number of nitrogens with one attached hydrogen (secondary N) is 2. The van der Waals surface area contributed by atoms with Gasteiger partial charge in [-0.1, -0.05) is 12.2 Å². The fraction of sp³-hybridized carbons (Fsp3) is 0.421. The Morgan fingerprint density at radius 1 is 1.22 bits per heavy atom. The molecule has 0 bridgehead atoms. The smallest absolute Gasteiger partial charge is 0.469 e. The summed E-state index contributed by atoms with van der Waals surface area (Å²) in [4.78, 5) is 71.8. The van der Waals surface area contributed by atoms with E-state index in [1.54, 1.807) is 11.4 Å². The van der Waals surface area contributed by atoms with E-state index in [1.807, 2.05) is 0 Å². The van der Waals surface area contributed by atoms with Crippen LogP contribution in [0.3, 0.4) is 0 Å². The summed E-state index contributed by atoms with van der Waals surface area (Å²) in [7, 11) is -15.9. The third-order valence-electron chi connectivity index (χ3n) is 5.84. The number of phosphoric acid groups is 3. The van der Waals surface area contributed by atoms with Crippen molar-refractivity contribution < 1.29 is 75.3 Å². The lowest BCUT2D eigenvalue weighted by Gasteiger charge is -2.22. The number of nitrogens with zero attached hydrogens (tertiary/aromatic N) is 3. The van der Waals surface area contributed by atoms with Crippen molar-refractivity contribution in [2.24, 2.45) is 0 Å². The molecule has 4 heterocycles. The Morgan fingerprint density at radius 2 is 1.93 bits per heavy atom. The number of H-pyrrole nitrogens is 1. The highest BCUT2D eigenvalue weighted by atomic mass is 32.1. The molecule has 254 valence electrons. The first-order valence-corrected chi connectivity index (χ1v) is 18.1. The largest absolute Gasteiger partial charge is 0.490 e. The summed E-state index contributed by atoms with van der Waals surface area (Å²) in [6.45, 7) is -1.76. The SMILES string of the molecule is COC(=O)Cc1ccsc1NC(=O)COC1C(COP(=O)(O)OP(=O)(O)OP(=O)(O)O)OC(n2cnc3c(=S)nc(N)[nH]c32)C1O. The number of fused-ring (bicyclic) bond motifs is 1. The Hall–Kier alpha value is -2.50. The lowest BCUT2D eigenvalue weighted by Crippen LogP contribution is -2.38. The summed E-state index contributed by atoms with van der Waals surface area (Å²) < 4.78 is 64.3. The summed E-state index contributed by atoms with van der Waals surface area (Å²) in [6.07, 6.45) is -5.02. The molecule has 3 aromatic heterocycles. The number of nitrogen functional groups attached to an aromatic ring is 1. The molecule has 6 unspecified atom stereocenters. The Kier molecular flexibility index (Phi) is 11.3. The Balaban J connectivity index is 1.53. The molecule has 6 atom stereocenters. The monoisotopic (exact) mass is 750 g/mol. The number of carbonyl (C=O) groups is 2. The molecule has 1 aliphatic heterocycles. The van der Waals surface area contributed by atoms with Crippen LogP contribution in [-0.4, -0.2) is 94.7 Å². The van der Waals surface area contributed by atoms with Gasteiger partial charge in [-0.15, -0.1) is 11.3 Å². The number of carbonyl (C=O) groups excluding carboxylic acids is 2. The molecule has 0 aliphatic carbocycles. The summed E-state index contributed by atoms with van der Waals surface area (Å²) in [5.74, 6) is -1.40. The van der Waals surface area contributed by atoms with E-state index >= 15 is 0 Å². The topological polar surface area (TPSA) is 326 Å². The van der Waals surface area contributed by atoms with Gasteiger partial charge in [0, 0.05) is 0 Å². The quantitative estimate of drug-likeness (QED) is 0.0630. The predicted octanol–water partition coefficient (Wildman–Crippen LogP) is 0.474. The molecule has 1 amide bonds. The molecule has 0 saturated carbocycles. The highest BCUT2D eigenvalue weighted by Gasteiger charge is 2.48. The van der Waals surface area contributed by atoms with Crippen LogP contribution in [0.4, 0.5) is 10.9 Å². The molecule has 4 rings (SSSR count). The second-order valence-electron chi connectivity index (χ2n) is 9.07. The van der Waals surface area contributed by atoms with E-state index in [9.17, 15) is 38.2 Å². The van der Waals surface area contributed by atoms with Gasteiger partial charge in [0.1, 0.15) is 36.1 Å². The number of aromatic nitrogens is 4. The van der Waals surface area contributed by atoms with Gasteiger partial charge in [0.15, 0.2) is 16.8 Å². The number of ether oxygens (including phenoxy) is 3. The molecule has 0 radical (unpaired) electrons. The predicted molar refractivity (Wildman–Crippen MR) is 155 cm³/mol. The second-order valence-corrected chi connectivity index (χ2v) is 14.8. The molecular weight excluding hydrogens is 725 g/mol. The van der Waals surface area contributed by atoms with Gasteiger partial charge in [-0.05, 0) is 17.0 Å². The van der Waals surface area contributed by atoms with Crippen LogP contribution >= 0.6 is 47.0 Å². The van der Waals surface area contributed by atoms with Crippen LogP contribution in [0.15, 0.2) is 17.8 Å². The lowest BCUT2D eigenvalue weighted by molar-refractivity contribution is -0.139. The van der Waals surface area contributed by atoms with Gasteiger partial charge >= 0.3 is 29.4 Å². The van der Waals surface area contributed by atoms with E-state index in [0.29, 0.717) is 10.6 Å². The van der Waals surface area contributed by atoms with Crippen molar-refractivity contribution in [2.75, 3.05) is 31.4 Å². The molecule has 3 aromatic rings. The van der Waals surface area contributed by atoms with E-state index in [0.717, 1.165) is 11.3 Å². The van der Waals surface area contributed by atoms with Crippen LogP contribution < -0.4 is 11.1 Å². The minimum absolute atomic E-state index is 0.00584. The zero-order chi connectivity index (χ0) is 34.0. The standard InChI is InChI=1S/C19H25N6O16P3S2/c1-36-11(27)4-8-2-3-46-17(8)22-10(26)6-37-14-9(5-38-43(32,33)41-44(34,35)40-42(29,30)31)39-18(13(14)28)25-7-21-12-15(25)23-19(20)24-16(12)45/h2-3,7,9,13-14,18,28H,4-6H2,1H3,(H,22,26)(H,32,33)(H,34,35)(H2,29,30,31)(H3,20,23,24,45). The number of esters is 1. The molecule has 22 nitrogen and oxygen atoms in total. The van der Waals surface area contributed by atoms with E-state index in [2.05, 4.69) is 38.2 Å². The van der Waals surface area contributed by atoms with E-state index in [1.165, 1.54) is 18.0 Å². The first kappa shape index (κ1) is 36.3. The molecule has 46 heavy (non-hydrogen) atoms. The van der Waals surface area contributed by atoms with Crippen molar-refractivity contribution in [1.82, 2.24) is 19.5 Å². The number of methoxy groups -OCH3 is 1. The van der Waals surface area contributed by atoms with Crippen LogP contribution in [0.25, 0.3) is 11.2 Å². The number of hydrogen-bond acceptors (Lipinski definition) is 17. The van der Waals surface area contributed by atoms with Crippen LogP contribution in [0.5, 0.6) is 0 Å². The Labute approximate surface area is 265 Å². The maximum atomic E-state index is 12.7. The first-order valence-electron chi connectivity index (χ1n) is 12.3. The summed E-state index contributed by atoms with van der Waals surface area (Å²) >= 11 is 6.25. The van der Waals surface area contributed by atoms with Crippen molar-refractivity contribution in [3.05, 3.63) is 28.0 Å². The average Bonchev–Trinajstić information content (AvgIpc) is 3.61. The number of nitrogens with two attached hydrogens (primary N) is 1. The number of rotatable bonds is 14. The van der Waals surface area contributed by atoms with Crippen LogP contribution in [0.2, 0.25) is 0 Å². The number of anilines is 2. The normalized spacial score (nSPS) is 22.7. The Morgan fingerprint density at radius 3 is 2.61 bits per heavy atom. The summed E-state index contributed by atoms with van der Waals surface area (Å²) in [6, 6.07) is 1.60. The zero-order valence-electron chi connectivity index (χ0n) is 23.0. The highest BCUT2D eigenvalue weighted by Crippen LogP contribution is 2.66. The summed E-state index contributed by atoms with van der Waals surface area (Å²) in [5, 5.41) is 15.7. The van der Waals surface area contributed by atoms with Gasteiger partial charge in [-0.25, -0.2) is 23.7 Å². The van der Waals surface area contributed by atoms with Gasteiger partial charge in [0.05, 0.1) is 31.5 Å². The highest BCUT2D eigenvalue weighted by molar-refractivity contribution is 7.71. The number of amides is 1. The van der Waals surface area contributed by atoms with Crippen LogP contribution in [-0.2, 0) is 57.1 Å². The van der Waals surface area contributed by atoms with Gasteiger partial charge in [-0.2, -0.15) is 8.62 Å². The lowest BCUT2D eigenvalue weighted by atomic mass is 10.1. The molecule has 27 heteroatoms. The van der Waals surface area contributed by atoms with Gasteiger partial charge in [-0.3, -0.25) is 18.7 Å². The third kappa shape index (κ3) is 9.31. The van der Waals surface area contributed by atoms with E-state index < -0.39 is 73.1 Å². The number of aliphatic hydroxyl groups is 1. The van der Waals surface area contributed by atoms with E-state index in [-0.39, 0.29) is 28.2 Å². The Bertz CT molecular complexity index is 1810. The number of imidazole rings is 1. The van der Waals surface area contributed by atoms with Crippen LogP contribution in [0, 0.1) is 4.64 Å². The zero-order valence-corrected chi connectivity index (χ0v) is 27.3. The molecule has 1 fully saturated rings. The van der Waals surface area contributed by atoms with Gasteiger partial charge < -0.3 is 54.9 Å². The van der Waals surface area contributed by atoms with Crippen molar-refractivity contribution in [2.45, 2.75) is 31.0 Å².